The lowest BCUT2D eigenvalue weighted by Crippen LogP contribution is -2.29. The third kappa shape index (κ3) is 3.36. The molecule has 0 fully saturated rings. The Kier molecular flexibility index (Phi) is 4.74. The van der Waals surface area contributed by atoms with Crippen LogP contribution in [-0.4, -0.2) is 15.5 Å². The summed E-state index contributed by atoms with van der Waals surface area (Å²) in [6, 6.07) is 7.57. The average molecular weight is 334 g/mol. The summed E-state index contributed by atoms with van der Waals surface area (Å²) in [7, 11) is 1.91. The van der Waals surface area contributed by atoms with Gasteiger partial charge in [-0.3, -0.25) is 4.79 Å². The summed E-state index contributed by atoms with van der Waals surface area (Å²) in [5, 5.41) is 2.97. The minimum absolute atomic E-state index is 0.136. The van der Waals surface area contributed by atoms with E-state index in [1.807, 2.05) is 49.0 Å². The van der Waals surface area contributed by atoms with E-state index in [0.29, 0.717) is 0 Å². The van der Waals surface area contributed by atoms with Gasteiger partial charge in [0, 0.05) is 23.9 Å². The molecular formula is C15H16BrN3O. The maximum Gasteiger partial charge on any atom is 0.244 e. The summed E-state index contributed by atoms with van der Waals surface area (Å²) >= 11 is 3.41. The Morgan fingerprint density at radius 3 is 2.65 bits per heavy atom. The molecule has 5 heteroatoms. The summed E-state index contributed by atoms with van der Waals surface area (Å²) in [6.07, 6.45) is 6.81. The molecule has 0 saturated heterocycles. The lowest BCUT2D eigenvalue weighted by molar-refractivity contribution is -0.117. The van der Waals surface area contributed by atoms with Gasteiger partial charge in [-0.2, -0.15) is 0 Å². The Morgan fingerprint density at radius 2 is 2.10 bits per heavy atom. The van der Waals surface area contributed by atoms with Crippen molar-refractivity contribution in [3.63, 3.8) is 0 Å². The molecule has 1 aromatic carbocycles. The highest BCUT2D eigenvalue weighted by atomic mass is 79.9. The van der Waals surface area contributed by atoms with Crippen molar-refractivity contribution in [2.75, 3.05) is 0 Å². The Balaban J connectivity index is 2.36. The summed E-state index contributed by atoms with van der Waals surface area (Å²) < 4.78 is 2.91. The van der Waals surface area contributed by atoms with Crippen molar-refractivity contribution in [2.24, 2.45) is 7.05 Å². The van der Waals surface area contributed by atoms with E-state index in [1.165, 1.54) is 6.08 Å². The first-order valence-corrected chi connectivity index (χ1v) is 7.07. The molecule has 2 aromatic rings. The minimum atomic E-state index is -0.271. The zero-order valence-electron chi connectivity index (χ0n) is 11.4. The van der Waals surface area contributed by atoms with Gasteiger partial charge in [-0.15, -0.1) is 0 Å². The molecule has 1 atom stereocenters. The molecule has 1 heterocycles. The van der Waals surface area contributed by atoms with Crippen molar-refractivity contribution in [1.29, 1.82) is 0 Å². The monoisotopic (exact) mass is 333 g/mol. The molecule has 20 heavy (non-hydrogen) atoms. The zero-order chi connectivity index (χ0) is 14.5. The van der Waals surface area contributed by atoms with E-state index in [4.69, 9.17) is 0 Å². The van der Waals surface area contributed by atoms with E-state index in [-0.39, 0.29) is 11.9 Å². The van der Waals surface area contributed by atoms with Crippen LogP contribution >= 0.6 is 15.9 Å². The predicted octanol–water partition coefficient (Wildman–Crippen LogP) is 2.96. The predicted molar refractivity (Wildman–Crippen MR) is 82.1 cm³/mol. The first kappa shape index (κ1) is 14.5. The second kappa shape index (κ2) is 6.52. The zero-order valence-corrected chi connectivity index (χ0v) is 13.0. The highest BCUT2D eigenvalue weighted by Gasteiger charge is 2.19. The van der Waals surface area contributed by atoms with Crippen molar-refractivity contribution in [3.8, 4) is 0 Å². The fourth-order valence-corrected chi connectivity index (χ4v) is 2.21. The molecule has 0 spiro atoms. The highest BCUT2D eigenvalue weighted by Crippen LogP contribution is 2.22. The van der Waals surface area contributed by atoms with Gasteiger partial charge in [0.1, 0.15) is 11.9 Å². The molecule has 1 aromatic heterocycles. The standard InChI is InChI=1S/C15H16BrN3O/c1-3-4-13(20)18-14(15-17-9-10-19(15)2)11-5-7-12(16)8-6-11/h3-10,14H,1-2H3,(H,18,20)/b4-3+. The van der Waals surface area contributed by atoms with Crippen molar-refractivity contribution in [3.05, 3.63) is 64.7 Å². The van der Waals surface area contributed by atoms with Crippen molar-refractivity contribution in [2.45, 2.75) is 13.0 Å². The quantitative estimate of drug-likeness (QED) is 0.874. The topological polar surface area (TPSA) is 46.9 Å². The van der Waals surface area contributed by atoms with Gasteiger partial charge < -0.3 is 9.88 Å². The van der Waals surface area contributed by atoms with Gasteiger partial charge in [-0.1, -0.05) is 34.1 Å². The van der Waals surface area contributed by atoms with Gasteiger partial charge in [0.25, 0.3) is 0 Å². The van der Waals surface area contributed by atoms with Crippen LogP contribution < -0.4 is 5.32 Å². The number of allylic oxidation sites excluding steroid dienone is 1. The number of nitrogens with zero attached hydrogens (tertiary/aromatic N) is 2. The molecular weight excluding hydrogens is 318 g/mol. The van der Waals surface area contributed by atoms with Gasteiger partial charge in [0.15, 0.2) is 0 Å². The van der Waals surface area contributed by atoms with Crippen LogP contribution in [0.4, 0.5) is 0 Å². The van der Waals surface area contributed by atoms with E-state index >= 15 is 0 Å². The number of imidazole rings is 1. The van der Waals surface area contributed by atoms with Crippen LogP contribution in [0.3, 0.4) is 0 Å². The number of aryl methyl sites for hydroxylation is 1. The van der Waals surface area contributed by atoms with Crippen molar-refractivity contribution < 1.29 is 4.79 Å². The van der Waals surface area contributed by atoms with Gasteiger partial charge >= 0.3 is 0 Å². The van der Waals surface area contributed by atoms with Crippen LogP contribution in [0.2, 0.25) is 0 Å². The third-order valence-corrected chi connectivity index (χ3v) is 3.45. The molecule has 0 aliphatic heterocycles. The van der Waals surface area contributed by atoms with E-state index < -0.39 is 0 Å². The summed E-state index contributed by atoms with van der Waals surface area (Å²) in [4.78, 5) is 16.2. The van der Waals surface area contributed by atoms with Gasteiger partial charge in [0.05, 0.1) is 0 Å². The number of nitrogens with one attached hydrogen (secondary N) is 1. The Labute approximate surface area is 126 Å². The van der Waals surface area contributed by atoms with E-state index in [1.54, 1.807) is 12.3 Å². The number of hydrogen-bond donors (Lipinski definition) is 1. The number of amides is 1. The van der Waals surface area contributed by atoms with Crippen molar-refractivity contribution >= 4 is 21.8 Å². The van der Waals surface area contributed by atoms with E-state index in [0.717, 1.165) is 15.9 Å². The summed E-state index contributed by atoms with van der Waals surface area (Å²) in [6.45, 7) is 1.81. The van der Waals surface area contributed by atoms with Crippen LogP contribution in [-0.2, 0) is 11.8 Å². The van der Waals surface area contributed by atoms with Crippen LogP contribution in [0.25, 0.3) is 0 Å². The fourth-order valence-electron chi connectivity index (χ4n) is 1.95. The van der Waals surface area contributed by atoms with Gasteiger partial charge in [-0.05, 0) is 30.7 Å². The Hall–Kier alpha value is -1.88. The first-order chi connectivity index (χ1) is 9.61. The first-order valence-electron chi connectivity index (χ1n) is 6.27. The van der Waals surface area contributed by atoms with Gasteiger partial charge in [-0.25, -0.2) is 4.98 Å². The number of benzene rings is 1. The molecule has 2 rings (SSSR count). The van der Waals surface area contributed by atoms with Crippen LogP contribution in [0.1, 0.15) is 24.4 Å². The summed E-state index contributed by atoms with van der Waals surface area (Å²) in [5.41, 5.74) is 0.986. The van der Waals surface area contributed by atoms with E-state index in [2.05, 4.69) is 26.2 Å². The van der Waals surface area contributed by atoms with E-state index in [9.17, 15) is 4.79 Å². The largest absolute Gasteiger partial charge is 0.339 e. The molecule has 0 aliphatic carbocycles. The number of hydrogen-bond acceptors (Lipinski definition) is 2. The Bertz CT molecular complexity index is 616. The molecule has 0 saturated carbocycles. The maximum atomic E-state index is 11.9. The molecule has 0 radical (unpaired) electrons. The number of rotatable bonds is 4. The molecule has 104 valence electrons. The lowest BCUT2D eigenvalue weighted by Gasteiger charge is -2.18. The smallest absolute Gasteiger partial charge is 0.244 e. The van der Waals surface area contributed by atoms with Crippen molar-refractivity contribution in [1.82, 2.24) is 14.9 Å². The molecule has 0 aliphatic rings. The molecule has 0 bridgehead atoms. The number of carbonyl (C=O) groups is 1. The second-order valence-corrected chi connectivity index (χ2v) is 5.31. The SMILES string of the molecule is C/C=C/C(=O)NC(c1ccc(Br)cc1)c1nccn1C. The molecule has 4 nitrogen and oxygen atoms in total. The number of aromatic nitrogens is 2. The average Bonchev–Trinajstić information content (AvgIpc) is 2.84. The molecule has 1 N–H and O–H groups in total. The second-order valence-electron chi connectivity index (χ2n) is 4.39. The molecule has 1 unspecified atom stereocenters. The van der Waals surface area contributed by atoms with Crippen LogP contribution in [0.5, 0.6) is 0 Å². The lowest BCUT2D eigenvalue weighted by atomic mass is 10.1. The van der Waals surface area contributed by atoms with Crippen LogP contribution in [0.15, 0.2) is 53.3 Å². The number of halogens is 1. The highest BCUT2D eigenvalue weighted by molar-refractivity contribution is 9.10. The van der Waals surface area contributed by atoms with Crippen LogP contribution in [0, 0.1) is 0 Å². The maximum absolute atomic E-state index is 11.9. The number of carbonyl (C=O) groups excluding carboxylic acids is 1. The molecule has 1 amide bonds. The third-order valence-electron chi connectivity index (χ3n) is 2.92. The summed E-state index contributed by atoms with van der Waals surface area (Å²) in [5.74, 6) is 0.661. The van der Waals surface area contributed by atoms with Gasteiger partial charge in [0.2, 0.25) is 5.91 Å². The Morgan fingerprint density at radius 1 is 1.40 bits per heavy atom. The fraction of sp³-hybridized carbons (Fsp3) is 0.200. The normalized spacial score (nSPS) is 12.6. The minimum Gasteiger partial charge on any atom is -0.339 e.